The zero-order valence-electron chi connectivity index (χ0n) is 16.5. The Bertz CT molecular complexity index is 1210. The van der Waals surface area contributed by atoms with Crippen LogP contribution in [0.15, 0.2) is 59.5 Å². The molecule has 0 bridgehead atoms. The number of piperidine rings is 1. The van der Waals surface area contributed by atoms with Gasteiger partial charge in [-0.15, -0.1) is 0 Å². The van der Waals surface area contributed by atoms with Gasteiger partial charge in [-0.25, -0.2) is 13.4 Å². The van der Waals surface area contributed by atoms with Gasteiger partial charge in [-0.3, -0.25) is 4.79 Å². The lowest BCUT2D eigenvalue weighted by Gasteiger charge is -2.30. The van der Waals surface area contributed by atoms with Gasteiger partial charge in [0.15, 0.2) is 0 Å². The summed E-state index contributed by atoms with van der Waals surface area (Å²) in [5.74, 6) is -0.711. The minimum absolute atomic E-state index is 0.0266. The maximum Gasteiger partial charge on any atom is 0.309 e. The summed E-state index contributed by atoms with van der Waals surface area (Å²) in [6, 6.07) is 15.5. The maximum absolute atomic E-state index is 12.8. The predicted molar refractivity (Wildman–Crippen MR) is 119 cm³/mol. The van der Waals surface area contributed by atoms with Gasteiger partial charge in [0.25, 0.3) is 0 Å². The third-order valence-electron chi connectivity index (χ3n) is 5.36. The van der Waals surface area contributed by atoms with Crippen LogP contribution in [0.1, 0.15) is 18.4 Å². The predicted octanol–water partition coefficient (Wildman–Crippen LogP) is 4.69. The Morgan fingerprint density at radius 2 is 1.74 bits per heavy atom. The summed E-state index contributed by atoms with van der Waals surface area (Å²) in [4.78, 5) is 17.1. The lowest BCUT2D eigenvalue weighted by molar-refractivity contribution is -0.151. The van der Waals surface area contributed by atoms with Gasteiger partial charge in [0, 0.05) is 29.1 Å². The number of esters is 1. The lowest BCUT2D eigenvalue weighted by Crippen LogP contribution is -2.40. The van der Waals surface area contributed by atoms with Gasteiger partial charge in [-0.2, -0.15) is 4.31 Å². The van der Waals surface area contributed by atoms with E-state index < -0.39 is 10.0 Å². The van der Waals surface area contributed by atoms with E-state index in [-0.39, 0.29) is 36.5 Å². The molecule has 0 unspecified atom stereocenters. The number of nitrogens with zero attached hydrogens (tertiary/aromatic N) is 2. The van der Waals surface area contributed by atoms with Crippen LogP contribution in [-0.4, -0.2) is 36.8 Å². The maximum atomic E-state index is 12.8. The second-order valence-electron chi connectivity index (χ2n) is 7.37. The van der Waals surface area contributed by atoms with Crippen molar-refractivity contribution in [1.29, 1.82) is 0 Å². The Balaban J connectivity index is 1.35. The van der Waals surface area contributed by atoms with E-state index in [9.17, 15) is 13.2 Å². The fourth-order valence-electron chi connectivity index (χ4n) is 3.59. The molecule has 0 amide bonds. The van der Waals surface area contributed by atoms with E-state index in [0.717, 1.165) is 10.9 Å². The van der Waals surface area contributed by atoms with Crippen LogP contribution in [0, 0.1) is 5.92 Å². The second kappa shape index (κ2) is 9.12. The number of carbonyl (C=O) groups is 1. The molecule has 9 heteroatoms. The van der Waals surface area contributed by atoms with Crippen molar-refractivity contribution in [3.63, 3.8) is 0 Å². The third-order valence-corrected chi connectivity index (χ3v) is 7.85. The average Bonchev–Trinajstić information content (AvgIpc) is 2.78. The number of hydrogen-bond acceptors (Lipinski definition) is 5. The van der Waals surface area contributed by atoms with Crippen LogP contribution in [0.5, 0.6) is 0 Å². The molecular weight excluding hydrogens is 459 g/mol. The minimum atomic E-state index is -3.61. The zero-order chi connectivity index (χ0) is 22.0. The first-order chi connectivity index (χ1) is 14.8. The lowest BCUT2D eigenvalue weighted by atomic mass is 9.98. The number of sulfonamides is 1. The van der Waals surface area contributed by atoms with Crippen molar-refractivity contribution >= 4 is 50.1 Å². The molecule has 0 atom stereocenters. The highest BCUT2D eigenvalue weighted by Gasteiger charge is 2.32. The van der Waals surface area contributed by atoms with Crippen molar-refractivity contribution in [3.05, 3.63) is 70.3 Å². The molecule has 0 radical (unpaired) electrons. The molecule has 1 aliphatic heterocycles. The number of para-hydroxylation sites is 1. The Kier molecular flexibility index (Phi) is 6.48. The molecule has 0 N–H and O–H groups in total. The molecule has 0 spiro atoms. The van der Waals surface area contributed by atoms with Crippen LogP contribution < -0.4 is 0 Å². The van der Waals surface area contributed by atoms with Gasteiger partial charge in [0.05, 0.1) is 16.3 Å². The third kappa shape index (κ3) is 4.85. The first-order valence-corrected chi connectivity index (χ1v) is 12.0. The van der Waals surface area contributed by atoms with Crippen molar-refractivity contribution < 1.29 is 17.9 Å². The number of benzene rings is 2. The molecule has 0 aliphatic carbocycles. The number of fused-ring (bicyclic) bond motifs is 1. The van der Waals surface area contributed by atoms with Crippen LogP contribution in [-0.2, 0) is 26.2 Å². The zero-order valence-corrected chi connectivity index (χ0v) is 18.8. The van der Waals surface area contributed by atoms with Gasteiger partial charge < -0.3 is 4.74 Å². The fourth-order valence-corrected chi connectivity index (χ4v) is 5.39. The van der Waals surface area contributed by atoms with Crippen LogP contribution in [0.3, 0.4) is 0 Å². The number of aromatic nitrogens is 1. The van der Waals surface area contributed by atoms with Crippen LogP contribution in [0.4, 0.5) is 0 Å². The molecule has 2 aromatic carbocycles. The van der Waals surface area contributed by atoms with Crippen molar-refractivity contribution in [3.8, 4) is 0 Å². The van der Waals surface area contributed by atoms with E-state index in [0.29, 0.717) is 28.6 Å². The monoisotopic (exact) mass is 478 g/mol. The Morgan fingerprint density at radius 1 is 1.06 bits per heavy atom. The van der Waals surface area contributed by atoms with E-state index in [1.165, 1.54) is 16.4 Å². The van der Waals surface area contributed by atoms with E-state index in [1.54, 1.807) is 12.1 Å². The first-order valence-electron chi connectivity index (χ1n) is 9.81. The van der Waals surface area contributed by atoms with Crippen LogP contribution in [0.25, 0.3) is 10.9 Å². The molecule has 1 aliphatic rings. The van der Waals surface area contributed by atoms with Gasteiger partial charge in [-0.05, 0) is 49.2 Å². The van der Waals surface area contributed by atoms with Gasteiger partial charge in [-0.1, -0.05) is 41.4 Å². The fraction of sp³-hybridized carbons (Fsp3) is 0.273. The summed E-state index contributed by atoms with van der Waals surface area (Å²) >= 11 is 12.1. The molecule has 162 valence electrons. The number of rotatable bonds is 5. The standard InChI is InChI=1S/C22H20Cl2N2O4S/c23-18-5-7-19(8-6-18)31(28,29)26-11-9-15(10-12-26)22(27)30-14-17-13-16-3-1-2-4-20(16)25-21(17)24/h1-8,13,15H,9-12,14H2. The van der Waals surface area contributed by atoms with Crippen molar-refractivity contribution in [2.45, 2.75) is 24.3 Å². The normalized spacial score (nSPS) is 15.8. The van der Waals surface area contributed by atoms with Crippen molar-refractivity contribution in [1.82, 2.24) is 9.29 Å². The minimum Gasteiger partial charge on any atom is -0.460 e. The summed E-state index contributed by atoms with van der Waals surface area (Å²) in [5, 5.41) is 1.69. The highest BCUT2D eigenvalue weighted by molar-refractivity contribution is 7.89. The molecule has 2 heterocycles. The average molecular weight is 479 g/mol. The summed E-state index contributed by atoms with van der Waals surface area (Å²) in [5.41, 5.74) is 1.41. The second-order valence-corrected chi connectivity index (χ2v) is 10.1. The van der Waals surface area contributed by atoms with E-state index >= 15 is 0 Å². The number of halogens is 2. The number of carbonyl (C=O) groups excluding carboxylic acids is 1. The molecule has 1 fully saturated rings. The summed E-state index contributed by atoms with van der Waals surface area (Å²) in [6.45, 7) is 0.533. The summed E-state index contributed by atoms with van der Waals surface area (Å²) in [7, 11) is -3.61. The van der Waals surface area contributed by atoms with Gasteiger partial charge >= 0.3 is 5.97 Å². The van der Waals surface area contributed by atoms with Gasteiger partial charge in [0.2, 0.25) is 10.0 Å². The van der Waals surface area contributed by atoms with E-state index in [4.69, 9.17) is 27.9 Å². The molecule has 31 heavy (non-hydrogen) atoms. The number of hydrogen-bond donors (Lipinski definition) is 0. The number of pyridine rings is 1. The first kappa shape index (κ1) is 22.0. The molecule has 1 saturated heterocycles. The van der Waals surface area contributed by atoms with Gasteiger partial charge in [0.1, 0.15) is 11.8 Å². The van der Waals surface area contributed by atoms with E-state index in [2.05, 4.69) is 4.98 Å². The molecule has 1 aromatic heterocycles. The SMILES string of the molecule is O=C(OCc1cc2ccccc2nc1Cl)C1CCN(S(=O)(=O)c2ccc(Cl)cc2)CC1. The molecule has 6 nitrogen and oxygen atoms in total. The van der Waals surface area contributed by atoms with Crippen molar-refractivity contribution in [2.75, 3.05) is 13.1 Å². The van der Waals surface area contributed by atoms with Crippen LogP contribution in [0.2, 0.25) is 10.2 Å². The Labute approximate surface area is 190 Å². The van der Waals surface area contributed by atoms with Crippen molar-refractivity contribution in [2.24, 2.45) is 5.92 Å². The molecule has 4 rings (SSSR count). The Hall–Kier alpha value is -2.19. The Morgan fingerprint density at radius 3 is 2.45 bits per heavy atom. The highest BCUT2D eigenvalue weighted by Crippen LogP contribution is 2.26. The quantitative estimate of drug-likeness (QED) is 0.392. The smallest absolute Gasteiger partial charge is 0.309 e. The van der Waals surface area contributed by atoms with E-state index in [1.807, 2.05) is 30.3 Å². The summed E-state index contributed by atoms with van der Waals surface area (Å²) in [6.07, 6.45) is 0.796. The molecule has 3 aromatic rings. The van der Waals surface area contributed by atoms with Crippen LogP contribution >= 0.6 is 23.2 Å². The largest absolute Gasteiger partial charge is 0.460 e. The molecular formula is C22H20Cl2N2O4S. The topological polar surface area (TPSA) is 76.6 Å². The summed E-state index contributed by atoms with van der Waals surface area (Å²) < 4.78 is 32.4. The molecule has 0 saturated carbocycles. The number of ether oxygens (including phenoxy) is 1. The highest BCUT2D eigenvalue weighted by atomic mass is 35.5.